The molecule has 4 aromatic rings. The molecule has 6 rings (SSSR count). The molecular weight excluding hydrogens is 814 g/mol. The molecule has 0 unspecified atom stereocenters. The third-order valence-electron chi connectivity index (χ3n) is 9.53. The SMILES string of the molecule is NCC(=O)c1cc(F)c(CN(C(=O)N2CCOCC2)c2ccccc2)c(F)c1.O=C(CNC(=O)C(F)F)c1cc(F)c(CN(C(=O)N2CCOCC2)c2ccccc2)c(F)c1. The lowest BCUT2D eigenvalue weighted by atomic mass is 10.1. The van der Waals surface area contributed by atoms with Gasteiger partial charge in [-0.2, -0.15) is 8.78 Å². The van der Waals surface area contributed by atoms with Crippen molar-refractivity contribution in [3.05, 3.63) is 130 Å². The third kappa shape index (κ3) is 12.1. The Morgan fingerprint density at radius 3 is 1.31 bits per heavy atom. The first-order valence-corrected chi connectivity index (χ1v) is 19.0. The number of ether oxygens (including phenoxy) is 2. The van der Waals surface area contributed by atoms with Gasteiger partial charge >= 0.3 is 18.5 Å². The minimum atomic E-state index is -3.32. The van der Waals surface area contributed by atoms with Gasteiger partial charge in [0.1, 0.15) is 23.3 Å². The molecule has 2 fully saturated rings. The summed E-state index contributed by atoms with van der Waals surface area (Å²) in [5, 5.41) is 1.69. The van der Waals surface area contributed by atoms with Crippen molar-refractivity contribution in [1.82, 2.24) is 15.1 Å². The van der Waals surface area contributed by atoms with Gasteiger partial charge in [-0.25, -0.2) is 27.2 Å². The normalized spacial score (nSPS) is 13.8. The molecule has 2 aliphatic rings. The fourth-order valence-electron chi connectivity index (χ4n) is 6.22. The maximum Gasteiger partial charge on any atom is 0.324 e. The van der Waals surface area contributed by atoms with Gasteiger partial charge in [-0.1, -0.05) is 36.4 Å². The van der Waals surface area contributed by atoms with E-state index in [1.807, 2.05) is 0 Å². The standard InChI is InChI=1S/C22H21F4N3O4.C20H21F2N3O3/c23-17-10-14(19(30)12-27-21(31)20(25)26)11-18(24)16(17)13-29(15-4-2-1-3-5-15)22(32)28-6-8-33-9-7-28;21-17-10-14(19(26)12-23)11-18(22)16(17)13-25(15-4-2-1-3-5-15)20(27)24-6-8-28-9-7-24/h1-5,10-11,20H,6-9,12-13H2,(H,27,31);1-5,10-11H,6-9,12-13,23H2. The zero-order valence-corrected chi connectivity index (χ0v) is 32.6. The number of carbonyl (C=O) groups excluding carboxylic acids is 5. The Morgan fingerprint density at radius 1 is 0.607 bits per heavy atom. The number of nitrogens with one attached hydrogen (secondary N) is 1. The van der Waals surface area contributed by atoms with Crippen LogP contribution in [0.3, 0.4) is 0 Å². The van der Waals surface area contributed by atoms with Gasteiger partial charge in [0.15, 0.2) is 11.6 Å². The maximum atomic E-state index is 14.8. The monoisotopic (exact) mass is 856 g/mol. The molecule has 2 aliphatic heterocycles. The van der Waals surface area contributed by atoms with Gasteiger partial charge in [0, 0.05) is 59.8 Å². The van der Waals surface area contributed by atoms with Crippen LogP contribution in [0.15, 0.2) is 84.9 Å². The van der Waals surface area contributed by atoms with Gasteiger partial charge < -0.3 is 30.3 Å². The fraction of sp³-hybridized carbons (Fsp3) is 0.310. The first-order valence-electron chi connectivity index (χ1n) is 19.0. The van der Waals surface area contributed by atoms with Crippen molar-refractivity contribution >= 4 is 40.9 Å². The molecule has 61 heavy (non-hydrogen) atoms. The van der Waals surface area contributed by atoms with Gasteiger partial charge in [-0.05, 0) is 48.5 Å². The van der Waals surface area contributed by atoms with Crippen molar-refractivity contribution in [2.45, 2.75) is 19.5 Å². The predicted octanol–water partition coefficient (Wildman–Crippen LogP) is 5.55. The summed E-state index contributed by atoms with van der Waals surface area (Å²) < 4.78 is 93.8. The van der Waals surface area contributed by atoms with Crippen LogP contribution >= 0.6 is 0 Å². The first-order chi connectivity index (χ1) is 29.3. The van der Waals surface area contributed by atoms with Crippen molar-refractivity contribution in [3.63, 3.8) is 0 Å². The molecule has 19 heteroatoms. The number of anilines is 2. The molecule has 0 radical (unpaired) electrons. The van der Waals surface area contributed by atoms with E-state index in [1.54, 1.807) is 70.9 Å². The number of nitrogens with zero attached hydrogens (tertiary/aromatic N) is 4. The summed E-state index contributed by atoms with van der Waals surface area (Å²) in [6, 6.07) is 19.6. The highest BCUT2D eigenvalue weighted by molar-refractivity contribution is 6.00. The van der Waals surface area contributed by atoms with Crippen LogP contribution in [-0.4, -0.2) is 111 Å². The minimum Gasteiger partial charge on any atom is -0.378 e. The highest BCUT2D eigenvalue weighted by Crippen LogP contribution is 2.26. The largest absolute Gasteiger partial charge is 0.378 e. The van der Waals surface area contributed by atoms with Crippen molar-refractivity contribution in [3.8, 4) is 0 Å². The molecule has 5 amide bonds. The highest BCUT2D eigenvalue weighted by Gasteiger charge is 2.29. The second-order valence-corrected chi connectivity index (χ2v) is 13.5. The fourth-order valence-corrected chi connectivity index (χ4v) is 6.22. The number of amides is 5. The molecule has 0 spiro atoms. The molecule has 0 aromatic heterocycles. The van der Waals surface area contributed by atoms with Gasteiger partial charge in [0.25, 0.3) is 5.91 Å². The molecule has 2 saturated heterocycles. The Labute approximate surface area is 346 Å². The number of hydrogen-bond donors (Lipinski definition) is 2. The average Bonchev–Trinajstić information content (AvgIpc) is 3.28. The van der Waals surface area contributed by atoms with E-state index in [-0.39, 0.29) is 30.2 Å². The van der Waals surface area contributed by atoms with E-state index in [0.29, 0.717) is 64.0 Å². The number of benzene rings is 4. The smallest absolute Gasteiger partial charge is 0.324 e. The van der Waals surface area contributed by atoms with Crippen molar-refractivity contribution in [2.24, 2.45) is 5.73 Å². The van der Waals surface area contributed by atoms with Crippen molar-refractivity contribution < 1.29 is 59.8 Å². The quantitative estimate of drug-likeness (QED) is 0.139. The number of morpholine rings is 2. The number of halogens is 6. The number of ketones is 2. The van der Waals surface area contributed by atoms with Crippen LogP contribution in [0.1, 0.15) is 31.8 Å². The molecule has 0 atom stereocenters. The Bertz CT molecular complexity index is 2130. The second-order valence-electron chi connectivity index (χ2n) is 13.5. The lowest BCUT2D eigenvalue weighted by Crippen LogP contribution is -2.48. The van der Waals surface area contributed by atoms with E-state index in [2.05, 4.69) is 0 Å². The summed E-state index contributed by atoms with van der Waals surface area (Å²) in [7, 11) is 0. The molecule has 324 valence electrons. The van der Waals surface area contributed by atoms with E-state index in [4.69, 9.17) is 15.2 Å². The molecule has 2 heterocycles. The highest BCUT2D eigenvalue weighted by atomic mass is 19.3. The van der Waals surface area contributed by atoms with E-state index in [0.717, 1.165) is 24.3 Å². The van der Waals surface area contributed by atoms with E-state index in [1.165, 1.54) is 14.7 Å². The number of para-hydroxylation sites is 2. The molecule has 0 bridgehead atoms. The van der Waals surface area contributed by atoms with Crippen LogP contribution in [0, 0.1) is 23.3 Å². The number of carbonyl (C=O) groups is 5. The molecular formula is C42H42F6N6O7. The van der Waals surface area contributed by atoms with Crippen LogP contribution < -0.4 is 20.9 Å². The predicted molar refractivity (Wildman–Crippen MR) is 210 cm³/mol. The van der Waals surface area contributed by atoms with Crippen LogP contribution in [0.5, 0.6) is 0 Å². The zero-order valence-electron chi connectivity index (χ0n) is 32.6. The maximum absolute atomic E-state index is 14.8. The lowest BCUT2D eigenvalue weighted by molar-refractivity contribution is -0.131. The lowest BCUT2D eigenvalue weighted by Gasteiger charge is -2.33. The van der Waals surface area contributed by atoms with Gasteiger partial charge in [-0.15, -0.1) is 0 Å². The Kier molecular flexibility index (Phi) is 16.4. The van der Waals surface area contributed by atoms with Gasteiger partial charge in [-0.3, -0.25) is 24.2 Å². The van der Waals surface area contributed by atoms with E-state index in [9.17, 15) is 50.3 Å². The molecule has 0 aliphatic carbocycles. The van der Waals surface area contributed by atoms with Crippen LogP contribution in [0.25, 0.3) is 0 Å². The minimum absolute atomic E-state index is 0.132. The molecule has 4 aromatic carbocycles. The van der Waals surface area contributed by atoms with Crippen LogP contribution in [-0.2, 0) is 27.4 Å². The second kappa shape index (κ2) is 21.8. The average molecular weight is 857 g/mol. The van der Waals surface area contributed by atoms with Crippen molar-refractivity contribution in [1.29, 1.82) is 0 Å². The Morgan fingerprint density at radius 2 is 0.967 bits per heavy atom. The van der Waals surface area contributed by atoms with Crippen molar-refractivity contribution in [2.75, 3.05) is 75.5 Å². The summed E-state index contributed by atoms with van der Waals surface area (Å²) >= 11 is 0. The zero-order chi connectivity index (χ0) is 44.1. The summed E-state index contributed by atoms with van der Waals surface area (Å²) in [6.45, 7) is 1.01. The summed E-state index contributed by atoms with van der Waals surface area (Å²) in [6.07, 6.45) is -3.32. The topological polar surface area (TPSA) is 155 Å². The van der Waals surface area contributed by atoms with Crippen LogP contribution in [0.4, 0.5) is 47.3 Å². The number of hydrogen-bond acceptors (Lipinski definition) is 8. The van der Waals surface area contributed by atoms with Crippen LogP contribution in [0.2, 0.25) is 0 Å². The molecule has 0 saturated carbocycles. The summed E-state index contributed by atoms with van der Waals surface area (Å²) in [4.78, 5) is 66.4. The third-order valence-corrected chi connectivity index (χ3v) is 9.53. The molecule has 3 N–H and O–H groups in total. The number of alkyl halides is 2. The van der Waals surface area contributed by atoms with E-state index < -0.39 is 77.4 Å². The van der Waals surface area contributed by atoms with E-state index >= 15 is 0 Å². The summed E-state index contributed by atoms with van der Waals surface area (Å²) in [5.74, 6) is -7.14. The number of nitrogens with two attached hydrogens (primary N) is 1. The molecule has 13 nitrogen and oxygen atoms in total. The number of Topliss-reactive ketones (excluding diaryl/α,β-unsaturated/α-hetero) is 2. The number of urea groups is 2. The van der Waals surface area contributed by atoms with Gasteiger partial charge in [0.05, 0.1) is 52.6 Å². The Hall–Kier alpha value is -6.31. The number of rotatable bonds is 12. The van der Waals surface area contributed by atoms with Gasteiger partial charge in [0.2, 0.25) is 0 Å². The summed E-state index contributed by atoms with van der Waals surface area (Å²) in [5.41, 5.74) is 4.88. The Balaban J connectivity index is 0.000000234. The first kappa shape index (κ1) is 45.8.